The van der Waals surface area contributed by atoms with Crippen LogP contribution in [0.4, 0.5) is 0 Å². The Morgan fingerprint density at radius 2 is 1.75 bits per heavy atom. The maximum atomic E-state index is 11.9. The van der Waals surface area contributed by atoms with Gasteiger partial charge in [-0.1, -0.05) is 56.0 Å². The minimum absolute atomic E-state index is 0. The van der Waals surface area contributed by atoms with Crippen LogP contribution < -0.4 is 16.0 Å². The van der Waals surface area contributed by atoms with Crippen LogP contribution in [-0.4, -0.2) is 51.3 Å². The molecule has 0 spiro atoms. The molecule has 1 aromatic carbocycles. The second-order valence-electron chi connectivity index (χ2n) is 6.92. The maximum Gasteiger partial charge on any atom is 0.239 e. The van der Waals surface area contributed by atoms with Crippen LogP contribution in [0, 0.1) is 0 Å². The van der Waals surface area contributed by atoms with E-state index in [0.29, 0.717) is 31.8 Å². The van der Waals surface area contributed by atoms with Gasteiger partial charge in [0.25, 0.3) is 0 Å². The zero-order valence-electron chi connectivity index (χ0n) is 16.9. The van der Waals surface area contributed by atoms with Crippen LogP contribution in [-0.2, 0) is 16.0 Å². The highest BCUT2D eigenvalue weighted by atomic mass is 127. The number of benzene rings is 1. The molecule has 3 N–H and O–H groups in total. The lowest BCUT2D eigenvalue weighted by molar-refractivity contribution is -0.119. The summed E-state index contributed by atoms with van der Waals surface area (Å²) in [5.74, 6) is 0.585. The molecule has 1 amide bonds. The molecule has 7 heteroatoms. The molecule has 1 saturated carbocycles. The Balaban J connectivity index is 0.00000392. The van der Waals surface area contributed by atoms with Crippen LogP contribution in [0.1, 0.15) is 44.1 Å². The molecule has 0 radical (unpaired) electrons. The van der Waals surface area contributed by atoms with E-state index in [2.05, 4.69) is 33.1 Å². The molecule has 0 heterocycles. The van der Waals surface area contributed by atoms with E-state index >= 15 is 0 Å². The lowest BCUT2D eigenvalue weighted by atomic mass is 10.1. The standard InChI is InChI=1S/C21H34N4O2.HI/c1-22-21(24-15-16-27-19-11-7-2-3-8-12-19)25-17-20(26)23-14-13-18-9-5-4-6-10-18;/h4-6,9-10,19H,2-3,7-8,11-17H2,1H3,(H,23,26)(H2,22,24,25);1H. The number of rotatable bonds is 9. The maximum absolute atomic E-state index is 11.9. The topological polar surface area (TPSA) is 74.8 Å². The van der Waals surface area contributed by atoms with E-state index in [1.165, 1.54) is 44.1 Å². The Kier molecular flexibility index (Phi) is 13.7. The third-order valence-electron chi connectivity index (χ3n) is 4.77. The van der Waals surface area contributed by atoms with Gasteiger partial charge in [-0.3, -0.25) is 9.79 Å². The molecule has 158 valence electrons. The SMILES string of the molecule is CN=C(NCCOC1CCCCCC1)NCC(=O)NCCc1ccccc1.I. The van der Waals surface area contributed by atoms with E-state index in [1.807, 2.05) is 18.2 Å². The minimum Gasteiger partial charge on any atom is -0.376 e. The highest BCUT2D eigenvalue weighted by Crippen LogP contribution is 2.19. The van der Waals surface area contributed by atoms with Crippen molar-refractivity contribution < 1.29 is 9.53 Å². The molecular weight excluding hydrogens is 467 g/mol. The zero-order chi connectivity index (χ0) is 19.2. The van der Waals surface area contributed by atoms with Gasteiger partial charge in [0.1, 0.15) is 0 Å². The summed E-state index contributed by atoms with van der Waals surface area (Å²) in [4.78, 5) is 16.1. The summed E-state index contributed by atoms with van der Waals surface area (Å²) in [6, 6.07) is 10.1. The highest BCUT2D eigenvalue weighted by Gasteiger charge is 2.12. The number of guanidine groups is 1. The smallest absolute Gasteiger partial charge is 0.239 e. The van der Waals surface area contributed by atoms with E-state index < -0.39 is 0 Å². The molecule has 1 aliphatic carbocycles. The van der Waals surface area contributed by atoms with Gasteiger partial charge in [0.2, 0.25) is 5.91 Å². The summed E-state index contributed by atoms with van der Waals surface area (Å²) >= 11 is 0. The average molecular weight is 502 g/mol. The number of carbonyl (C=O) groups excluding carboxylic acids is 1. The number of ether oxygens (including phenoxy) is 1. The number of amides is 1. The van der Waals surface area contributed by atoms with Crippen LogP contribution in [0.3, 0.4) is 0 Å². The van der Waals surface area contributed by atoms with Crippen molar-refractivity contribution >= 4 is 35.8 Å². The monoisotopic (exact) mass is 502 g/mol. The van der Waals surface area contributed by atoms with E-state index in [4.69, 9.17) is 4.74 Å². The second-order valence-corrected chi connectivity index (χ2v) is 6.92. The predicted molar refractivity (Wildman–Crippen MR) is 125 cm³/mol. The Morgan fingerprint density at radius 3 is 2.43 bits per heavy atom. The van der Waals surface area contributed by atoms with Crippen molar-refractivity contribution in [1.82, 2.24) is 16.0 Å². The molecule has 0 bridgehead atoms. The summed E-state index contributed by atoms with van der Waals surface area (Å²) in [5, 5.41) is 9.15. The van der Waals surface area contributed by atoms with Crippen molar-refractivity contribution in [2.45, 2.75) is 51.0 Å². The van der Waals surface area contributed by atoms with Crippen LogP contribution in [0.2, 0.25) is 0 Å². The van der Waals surface area contributed by atoms with E-state index in [9.17, 15) is 4.79 Å². The molecule has 0 saturated heterocycles. The number of carbonyl (C=O) groups is 1. The Bertz CT molecular complexity index is 561. The molecule has 28 heavy (non-hydrogen) atoms. The Labute approximate surface area is 186 Å². The minimum atomic E-state index is -0.0383. The van der Waals surface area contributed by atoms with Gasteiger partial charge in [0, 0.05) is 20.1 Å². The molecule has 1 fully saturated rings. The molecule has 0 aromatic heterocycles. The fraction of sp³-hybridized carbons (Fsp3) is 0.619. The quantitative estimate of drug-likeness (QED) is 0.160. The van der Waals surface area contributed by atoms with Gasteiger partial charge in [0.15, 0.2) is 5.96 Å². The van der Waals surface area contributed by atoms with Gasteiger partial charge in [-0.05, 0) is 24.8 Å². The molecule has 1 aromatic rings. The molecule has 1 aliphatic rings. The van der Waals surface area contributed by atoms with Crippen LogP contribution >= 0.6 is 24.0 Å². The van der Waals surface area contributed by atoms with Crippen molar-refractivity contribution in [2.75, 3.05) is 33.3 Å². The van der Waals surface area contributed by atoms with Crippen molar-refractivity contribution in [3.05, 3.63) is 35.9 Å². The van der Waals surface area contributed by atoms with Crippen LogP contribution in [0.15, 0.2) is 35.3 Å². The lowest BCUT2D eigenvalue weighted by Gasteiger charge is -2.16. The van der Waals surface area contributed by atoms with Gasteiger partial charge in [-0.15, -0.1) is 24.0 Å². The van der Waals surface area contributed by atoms with Crippen molar-refractivity contribution in [1.29, 1.82) is 0 Å². The van der Waals surface area contributed by atoms with E-state index in [0.717, 1.165) is 6.42 Å². The first-order chi connectivity index (χ1) is 13.3. The summed E-state index contributed by atoms with van der Waals surface area (Å²) in [5.41, 5.74) is 1.22. The van der Waals surface area contributed by atoms with Crippen molar-refractivity contribution in [2.24, 2.45) is 4.99 Å². The van der Waals surface area contributed by atoms with Gasteiger partial charge >= 0.3 is 0 Å². The van der Waals surface area contributed by atoms with Crippen LogP contribution in [0.5, 0.6) is 0 Å². The first-order valence-electron chi connectivity index (χ1n) is 10.1. The average Bonchev–Trinajstić information content (AvgIpc) is 2.97. The predicted octanol–water partition coefficient (Wildman–Crippen LogP) is 2.87. The highest BCUT2D eigenvalue weighted by molar-refractivity contribution is 14.0. The number of aliphatic imine (C=N–C) groups is 1. The molecular formula is C21H35IN4O2. The summed E-state index contributed by atoms with van der Waals surface area (Å²) < 4.78 is 5.95. The fourth-order valence-corrected chi connectivity index (χ4v) is 3.24. The number of nitrogens with zero attached hydrogens (tertiary/aromatic N) is 1. The van der Waals surface area contributed by atoms with Gasteiger partial charge in [0.05, 0.1) is 19.3 Å². The number of halogens is 1. The first kappa shape index (κ1) is 24.7. The summed E-state index contributed by atoms with van der Waals surface area (Å²) in [6.07, 6.45) is 8.82. The second kappa shape index (κ2) is 15.6. The number of nitrogens with one attached hydrogen (secondary N) is 3. The van der Waals surface area contributed by atoms with Crippen molar-refractivity contribution in [3.8, 4) is 0 Å². The Morgan fingerprint density at radius 1 is 1.04 bits per heavy atom. The van der Waals surface area contributed by atoms with E-state index in [-0.39, 0.29) is 36.4 Å². The zero-order valence-corrected chi connectivity index (χ0v) is 19.2. The van der Waals surface area contributed by atoms with Crippen molar-refractivity contribution in [3.63, 3.8) is 0 Å². The largest absolute Gasteiger partial charge is 0.376 e. The summed E-state index contributed by atoms with van der Waals surface area (Å²) in [6.45, 7) is 2.18. The summed E-state index contributed by atoms with van der Waals surface area (Å²) in [7, 11) is 1.70. The fourth-order valence-electron chi connectivity index (χ4n) is 3.24. The molecule has 6 nitrogen and oxygen atoms in total. The normalized spacial score (nSPS) is 15.2. The molecule has 2 rings (SSSR count). The van der Waals surface area contributed by atoms with Gasteiger partial charge in [-0.2, -0.15) is 0 Å². The first-order valence-corrected chi connectivity index (χ1v) is 10.1. The third-order valence-corrected chi connectivity index (χ3v) is 4.77. The molecule has 0 unspecified atom stereocenters. The Hall–Kier alpha value is -1.35. The third kappa shape index (κ3) is 10.8. The number of hydrogen-bond donors (Lipinski definition) is 3. The van der Waals surface area contributed by atoms with Crippen LogP contribution in [0.25, 0.3) is 0 Å². The molecule has 0 atom stereocenters. The van der Waals surface area contributed by atoms with Gasteiger partial charge < -0.3 is 20.7 Å². The molecule has 0 aliphatic heterocycles. The van der Waals surface area contributed by atoms with Gasteiger partial charge in [-0.25, -0.2) is 0 Å². The van der Waals surface area contributed by atoms with E-state index in [1.54, 1.807) is 7.05 Å². The lowest BCUT2D eigenvalue weighted by Crippen LogP contribution is -2.44. The number of hydrogen-bond acceptors (Lipinski definition) is 3.